The minimum Gasteiger partial charge on any atom is -0.490 e. The van der Waals surface area contributed by atoms with Gasteiger partial charge in [-0.1, -0.05) is 0 Å². The first-order valence-corrected chi connectivity index (χ1v) is 9.27. The van der Waals surface area contributed by atoms with Gasteiger partial charge in [-0.15, -0.1) is 0 Å². The monoisotopic (exact) mass is 382 g/mol. The van der Waals surface area contributed by atoms with Crippen LogP contribution >= 0.6 is 15.9 Å². The topological polar surface area (TPSA) is 43.1 Å². The van der Waals surface area contributed by atoms with Crippen molar-refractivity contribution in [2.45, 2.75) is 32.8 Å². The molecule has 2 bridgehead atoms. The predicted molar refractivity (Wildman–Crippen MR) is 93.9 cm³/mol. The van der Waals surface area contributed by atoms with E-state index in [2.05, 4.69) is 22.0 Å². The van der Waals surface area contributed by atoms with Crippen LogP contribution in [-0.4, -0.2) is 37.5 Å². The summed E-state index contributed by atoms with van der Waals surface area (Å²) >= 11 is 3.59. The van der Waals surface area contributed by atoms with Crippen molar-refractivity contribution in [3.8, 4) is 11.5 Å². The molecule has 4 nitrogen and oxygen atoms in total. The van der Waals surface area contributed by atoms with Gasteiger partial charge in [0.25, 0.3) is 0 Å². The molecule has 1 aromatic carbocycles. The van der Waals surface area contributed by atoms with Crippen LogP contribution < -0.4 is 14.4 Å². The summed E-state index contributed by atoms with van der Waals surface area (Å²) in [7, 11) is 0. The Morgan fingerprint density at radius 2 is 1.91 bits per heavy atom. The molecule has 1 aromatic rings. The average molecular weight is 383 g/mol. The molecule has 0 aliphatic carbocycles. The van der Waals surface area contributed by atoms with Gasteiger partial charge in [0.05, 0.1) is 30.8 Å². The second-order valence-electron chi connectivity index (χ2n) is 6.18. The Balaban J connectivity index is 1.95. The Morgan fingerprint density at radius 3 is 2.52 bits per heavy atom. The Kier molecular flexibility index (Phi) is 5.29. The highest BCUT2D eigenvalue weighted by Gasteiger charge is 2.41. The summed E-state index contributed by atoms with van der Waals surface area (Å²) < 4.78 is 12.3. The van der Waals surface area contributed by atoms with Gasteiger partial charge in [0.1, 0.15) is 11.8 Å². The van der Waals surface area contributed by atoms with Gasteiger partial charge in [-0.05, 0) is 47.5 Å². The highest BCUT2D eigenvalue weighted by Crippen LogP contribution is 2.38. The zero-order valence-corrected chi connectivity index (χ0v) is 15.4. The number of hydrogen-bond donors (Lipinski definition) is 2. The molecule has 0 aromatic heterocycles. The van der Waals surface area contributed by atoms with Crippen molar-refractivity contribution in [2.24, 2.45) is 5.92 Å². The van der Waals surface area contributed by atoms with Crippen LogP contribution in [0.1, 0.15) is 32.3 Å². The molecule has 3 fully saturated rings. The zero-order chi connectivity index (χ0) is 16.4. The van der Waals surface area contributed by atoms with E-state index in [-0.39, 0.29) is 6.10 Å². The summed E-state index contributed by atoms with van der Waals surface area (Å²) in [5.74, 6) is 1.92. The number of ether oxygens (including phenoxy) is 2. The molecule has 126 valence electrons. The molecule has 3 saturated heterocycles. The molecule has 3 aliphatic rings. The molecule has 5 heteroatoms. The van der Waals surface area contributed by atoms with Crippen LogP contribution in [0.15, 0.2) is 22.3 Å². The lowest BCUT2D eigenvalue weighted by Gasteiger charge is -2.41. The third-order valence-electron chi connectivity index (χ3n) is 4.75. The summed E-state index contributed by atoms with van der Waals surface area (Å²) in [6.45, 7) is 7.37. The molecule has 0 radical (unpaired) electrons. The number of aliphatic hydroxyl groups is 1. The fourth-order valence-corrected chi connectivity index (χ4v) is 4.22. The maximum Gasteiger partial charge on any atom is 0.175 e. The minimum absolute atomic E-state index is 0.312. The lowest BCUT2D eigenvalue weighted by Crippen LogP contribution is -3.14. The normalized spacial score (nSPS) is 28.2. The van der Waals surface area contributed by atoms with E-state index in [4.69, 9.17) is 9.47 Å². The number of rotatable bonds is 5. The largest absolute Gasteiger partial charge is 0.490 e. The summed E-state index contributed by atoms with van der Waals surface area (Å²) in [5.41, 5.74) is 2.16. The van der Waals surface area contributed by atoms with Gasteiger partial charge >= 0.3 is 0 Å². The van der Waals surface area contributed by atoms with Crippen molar-refractivity contribution >= 4 is 22.0 Å². The first kappa shape index (κ1) is 16.8. The van der Waals surface area contributed by atoms with Gasteiger partial charge in [0.2, 0.25) is 0 Å². The highest BCUT2D eigenvalue weighted by molar-refractivity contribution is 9.10. The van der Waals surface area contributed by atoms with Crippen LogP contribution in [-0.2, 0) is 0 Å². The van der Waals surface area contributed by atoms with E-state index in [1.807, 2.05) is 26.0 Å². The van der Waals surface area contributed by atoms with Crippen LogP contribution in [0.5, 0.6) is 11.5 Å². The van der Waals surface area contributed by atoms with E-state index in [9.17, 15) is 5.11 Å². The molecule has 0 spiro atoms. The minimum atomic E-state index is -0.312. The molecule has 1 atom stereocenters. The van der Waals surface area contributed by atoms with Gasteiger partial charge in [-0.2, -0.15) is 0 Å². The number of halogens is 1. The number of aliphatic hydroxyl groups excluding tert-OH is 1. The van der Waals surface area contributed by atoms with Crippen LogP contribution in [0.3, 0.4) is 0 Å². The second kappa shape index (κ2) is 7.24. The second-order valence-corrected chi connectivity index (χ2v) is 7.04. The number of benzene rings is 1. The molecular formula is C18H25BrNO3+. The zero-order valence-electron chi connectivity index (χ0n) is 13.8. The number of piperidine rings is 3. The third kappa shape index (κ3) is 3.42. The third-order valence-corrected chi connectivity index (χ3v) is 5.34. The Hall–Kier alpha value is -1.04. The lowest BCUT2D eigenvalue weighted by atomic mass is 9.83. The SMILES string of the molecule is CCOc1cc(/C=C2\[C@@H](O)C3CC[NH+]2CC3)cc(Br)c1OCC. The number of fused-ring (bicyclic) bond motifs is 3. The fraction of sp³-hybridized carbons (Fsp3) is 0.556. The molecule has 4 rings (SSSR count). The van der Waals surface area contributed by atoms with Crippen molar-refractivity contribution in [1.29, 1.82) is 0 Å². The van der Waals surface area contributed by atoms with Crippen molar-refractivity contribution < 1.29 is 19.5 Å². The van der Waals surface area contributed by atoms with Gasteiger partial charge in [-0.3, -0.25) is 0 Å². The fourth-order valence-electron chi connectivity index (χ4n) is 3.64. The van der Waals surface area contributed by atoms with E-state index in [1.165, 1.54) is 4.90 Å². The van der Waals surface area contributed by atoms with E-state index in [1.54, 1.807) is 0 Å². The summed E-state index contributed by atoms with van der Waals surface area (Å²) in [4.78, 5) is 1.42. The predicted octanol–water partition coefficient (Wildman–Crippen LogP) is 2.26. The number of quaternary nitrogens is 1. The number of nitrogens with one attached hydrogen (secondary N) is 1. The van der Waals surface area contributed by atoms with Crippen molar-refractivity contribution in [1.82, 2.24) is 0 Å². The Labute approximate surface area is 146 Å². The van der Waals surface area contributed by atoms with Gasteiger partial charge in [-0.25, -0.2) is 0 Å². The van der Waals surface area contributed by atoms with Crippen molar-refractivity contribution in [2.75, 3.05) is 26.3 Å². The molecule has 0 amide bonds. The number of hydrogen-bond acceptors (Lipinski definition) is 3. The molecule has 2 N–H and O–H groups in total. The van der Waals surface area contributed by atoms with Crippen molar-refractivity contribution in [3.63, 3.8) is 0 Å². The molecule has 3 aliphatic heterocycles. The van der Waals surface area contributed by atoms with E-state index < -0.39 is 0 Å². The highest BCUT2D eigenvalue weighted by atomic mass is 79.9. The Bertz CT molecular complexity index is 590. The summed E-state index contributed by atoms with van der Waals surface area (Å²) in [5, 5.41) is 10.5. The molecule has 23 heavy (non-hydrogen) atoms. The molecule has 3 heterocycles. The van der Waals surface area contributed by atoms with Gasteiger partial charge < -0.3 is 19.5 Å². The van der Waals surface area contributed by atoms with Crippen LogP contribution in [0, 0.1) is 5.92 Å². The molecule has 0 saturated carbocycles. The van der Waals surface area contributed by atoms with E-state index >= 15 is 0 Å². The lowest BCUT2D eigenvalue weighted by molar-refractivity contribution is -0.880. The first-order chi connectivity index (χ1) is 11.1. The standard InChI is InChI=1S/C18H24BrNO3/c1-3-22-16-11-12(9-14(19)18(16)23-4-2)10-15-17(21)13-5-7-20(15)8-6-13/h9-11,13,17,21H,3-8H2,1-2H3/p+1/b15-10+/t17-/m0/s1. The van der Waals surface area contributed by atoms with Crippen molar-refractivity contribution in [3.05, 3.63) is 27.9 Å². The molecule has 0 unspecified atom stereocenters. The first-order valence-electron chi connectivity index (χ1n) is 8.47. The van der Waals surface area contributed by atoms with E-state index in [0.29, 0.717) is 19.1 Å². The van der Waals surface area contributed by atoms with E-state index in [0.717, 1.165) is 53.2 Å². The Morgan fingerprint density at radius 1 is 1.22 bits per heavy atom. The van der Waals surface area contributed by atoms with Crippen LogP contribution in [0.25, 0.3) is 6.08 Å². The van der Waals surface area contributed by atoms with Gasteiger partial charge in [0, 0.05) is 24.8 Å². The summed E-state index contributed by atoms with van der Waals surface area (Å²) in [6, 6.07) is 4.04. The summed E-state index contributed by atoms with van der Waals surface area (Å²) in [6.07, 6.45) is 4.07. The van der Waals surface area contributed by atoms with Crippen LogP contribution in [0.4, 0.5) is 0 Å². The maximum atomic E-state index is 10.5. The molecular weight excluding hydrogens is 358 g/mol. The van der Waals surface area contributed by atoms with Crippen LogP contribution in [0.2, 0.25) is 0 Å². The van der Waals surface area contributed by atoms with Gasteiger partial charge in [0.15, 0.2) is 11.5 Å². The smallest absolute Gasteiger partial charge is 0.175 e. The maximum absolute atomic E-state index is 10.5. The average Bonchev–Trinajstić information content (AvgIpc) is 2.55. The quantitative estimate of drug-likeness (QED) is 0.820.